The summed E-state index contributed by atoms with van der Waals surface area (Å²) >= 11 is 0. The number of phenols is 4. The average Bonchev–Trinajstić information content (AvgIpc) is 2.69. The van der Waals surface area contributed by atoms with E-state index < -0.39 is 76.5 Å². The van der Waals surface area contributed by atoms with Gasteiger partial charge in [-0.15, -0.1) is 0 Å². The first kappa shape index (κ1) is 20.2. The molecule has 1 fully saturated rings. The number of aliphatic hydroxyl groups excluding tert-OH is 4. The van der Waals surface area contributed by atoms with Gasteiger partial charge in [-0.25, -0.2) is 0 Å². The van der Waals surface area contributed by atoms with Gasteiger partial charge in [0.05, 0.1) is 17.6 Å². The van der Waals surface area contributed by atoms with Crippen molar-refractivity contribution in [1.29, 1.82) is 0 Å². The third-order valence-corrected chi connectivity index (χ3v) is 5.23. The molecule has 11 nitrogen and oxygen atoms in total. The second-order valence-corrected chi connectivity index (χ2v) is 7.05. The number of hydrogen-bond donors (Lipinski definition) is 8. The molecule has 1 aromatic heterocycles. The van der Waals surface area contributed by atoms with Crippen molar-refractivity contribution in [2.75, 3.05) is 6.61 Å². The zero-order chi connectivity index (χ0) is 21.9. The Bertz CT molecular complexity index is 1200. The molecule has 1 aliphatic rings. The fourth-order valence-corrected chi connectivity index (χ4v) is 3.64. The van der Waals surface area contributed by atoms with E-state index in [1.165, 1.54) is 0 Å². The normalized spacial score (nSPS) is 27.0. The van der Waals surface area contributed by atoms with Crippen LogP contribution in [0.3, 0.4) is 0 Å². The van der Waals surface area contributed by atoms with Crippen LogP contribution >= 0.6 is 0 Å². The number of aliphatic hydroxyl groups is 4. The van der Waals surface area contributed by atoms with E-state index in [1.54, 1.807) is 0 Å². The largest absolute Gasteiger partial charge is 0.507 e. The zero-order valence-electron chi connectivity index (χ0n) is 15.1. The summed E-state index contributed by atoms with van der Waals surface area (Å²) in [5, 5.41) is 79.4. The summed E-state index contributed by atoms with van der Waals surface area (Å²) in [5.74, 6) is -2.62. The van der Waals surface area contributed by atoms with Gasteiger partial charge in [-0.2, -0.15) is 0 Å². The van der Waals surface area contributed by atoms with Gasteiger partial charge in [0, 0.05) is 12.1 Å². The van der Waals surface area contributed by atoms with Crippen molar-refractivity contribution in [3.63, 3.8) is 0 Å². The molecule has 5 atom stereocenters. The van der Waals surface area contributed by atoms with Crippen molar-refractivity contribution in [3.05, 3.63) is 34.0 Å². The second kappa shape index (κ2) is 7.00. The van der Waals surface area contributed by atoms with Crippen LogP contribution in [0.25, 0.3) is 21.9 Å². The Labute approximate surface area is 166 Å². The number of hydrogen-bond acceptors (Lipinski definition) is 11. The van der Waals surface area contributed by atoms with Gasteiger partial charge in [0.15, 0.2) is 11.5 Å². The van der Waals surface area contributed by atoms with E-state index in [9.17, 15) is 45.6 Å². The Morgan fingerprint density at radius 3 is 2.13 bits per heavy atom. The van der Waals surface area contributed by atoms with Crippen LogP contribution in [0.1, 0.15) is 11.7 Å². The molecule has 2 heterocycles. The lowest BCUT2D eigenvalue weighted by molar-refractivity contribution is -0.232. The van der Waals surface area contributed by atoms with E-state index in [0.29, 0.717) is 0 Å². The van der Waals surface area contributed by atoms with E-state index in [-0.39, 0.29) is 16.6 Å². The maximum absolute atomic E-state index is 12.9. The first-order valence-corrected chi connectivity index (χ1v) is 8.83. The van der Waals surface area contributed by atoms with Crippen molar-refractivity contribution < 1.29 is 50.0 Å². The van der Waals surface area contributed by atoms with Gasteiger partial charge in [0.25, 0.3) is 0 Å². The molecule has 1 saturated heterocycles. The molecule has 0 saturated carbocycles. The molecule has 1 unspecified atom stereocenters. The predicted molar refractivity (Wildman–Crippen MR) is 99.4 cm³/mol. The molecule has 8 N–H and O–H groups in total. The van der Waals surface area contributed by atoms with Crippen LogP contribution in [0.15, 0.2) is 27.4 Å². The standard InChI is InChI=1S/C19H18O11/c20-4-11-15(25)17(27)18(28)19(30-11)12-8(23)3-10-13(16(12)26)14(24)5-1-6(21)7(22)2-9(5)29-10/h1-3,11,15,17-23,25-28H,4H2/t11-,15+,17+,18?,19+/m1/s1. The van der Waals surface area contributed by atoms with E-state index in [1.807, 2.05) is 0 Å². The van der Waals surface area contributed by atoms with Crippen molar-refractivity contribution in [2.45, 2.75) is 30.5 Å². The van der Waals surface area contributed by atoms with Crippen LogP contribution in [0, 0.1) is 0 Å². The molecule has 30 heavy (non-hydrogen) atoms. The maximum atomic E-state index is 12.9. The van der Waals surface area contributed by atoms with Crippen LogP contribution in [-0.2, 0) is 4.74 Å². The van der Waals surface area contributed by atoms with Crippen LogP contribution in [0.5, 0.6) is 23.0 Å². The summed E-state index contributed by atoms with van der Waals surface area (Å²) in [6, 6.07) is 2.90. The second-order valence-electron chi connectivity index (χ2n) is 7.05. The molecule has 160 valence electrons. The molecular weight excluding hydrogens is 404 g/mol. The van der Waals surface area contributed by atoms with Gasteiger partial charge in [-0.1, -0.05) is 0 Å². The Hall–Kier alpha value is -3.09. The summed E-state index contributed by atoms with van der Waals surface area (Å²) in [4.78, 5) is 12.9. The lowest BCUT2D eigenvalue weighted by atomic mass is 9.89. The number of phenolic OH excluding ortho intramolecular Hbond substituents is 4. The molecule has 1 aliphatic heterocycles. The quantitative estimate of drug-likeness (QED) is 0.191. The van der Waals surface area contributed by atoms with E-state index >= 15 is 0 Å². The first-order chi connectivity index (χ1) is 14.1. The molecular formula is C19H18O11. The molecule has 11 heteroatoms. The minimum atomic E-state index is -1.81. The molecule has 3 aromatic rings. The zero-order valence-corrected chi connectivity index (χ0v) is 15.1. The highest BCUT2D eigenvalue weighted by molar-refractivity contribution is 5.96. The minimum absolute atomic E-state index is 0.123. The monoisotopic (exact) mass is 422 g/mol. The average molecular weight is 422 g/mol. The third kappa shape index (κ3) is 2.83. The number of ether oxygens (including phenoxy) is 1. The van der Waals surface area contributed by atoms with Gasteiger partial charge in [0.1, 0.15) is 58.6 Å². The molecule has 0 radical (unpaired) electrons. The Morgan fingerprint density at radius 1 is 0.833 bits per heavy atom. The van der Waals surface area contributed by atoms with Gasteiger partial charge in [-0.3, -0.25) is 4.79 Å². The van der Waals surface area contributed by atoms with Crippen molar-refractivity contribution >= 4 is 21.9 Å². The molecule has 0 spiro atoms. The number of benzene rings is 2. The molecule has 0 bridgehead atoms. The Morgan fingerprint density at radius 2 is 1.47 bits per heavy atom. The van der Waals surface area contributed by atoms with Crippen LogP contribution in [0.4, 0.5) is 0 Å². The number of fused-ring (bicyclic) bond motifs is 2. The fourth-order valence-electron chi connectivity index (χ4n) is 3.64. The molecule has 0 amide bonds. The van der Waals surface area contributed by atoms with Crippen molar-refractivity contribution in [3.8, 4) is 23.0 Å². The van der Waals surface area contributed by atoms with Gasteiger partial charge >= 0.3 is 0 Å². The highest BCUT2D eigenvalue weighted by atomic mass is 16.5. The lowest BCUT2D eigenvalue weighted by Crippen LogP contribution is -2.55. The smallest absolute Gasteiger partial charge is 0.204 e. The van der Waals surface area contributed by atoms with Gasteiger partial charge < -0.3 is 50.0 Å². The van der Waals surface area contributed by atoms with E-state index in [0.717, 1.165) is 18.2 Å². The van der Waals surface area contributed by atoms with Crippen molar-refractivity contribution in [1.82, 2.24) is 0 Å². The first-order valence-electron chi connectivity index (χ1n) is 8.83. The van der Waals surface area contributed by atoms with Crippen LogP contribution < -0.4 is 5.43 Å². The fraction of sp³-hybridized carbons (Fsp3) is 0.316. The Balaban J connectivity index is 1.98. The predicted octanol–water partition coefficient (Wildman–Crippen LogP) is -0.717. The molecule has 2 aromatic carbocycles. The Kier molecular flexibility index (Phi) is 4.71. The maximum Gasteiger partial charge on any atom is 0.204 e. The van der Waals surface area contributed by atoms with Crippen LogP contribution in [0.2, 0.25) is 0 Å². The summed E-state index contributed by atoms with van der Waals surface area (Å²) < 4.78 is 10.8. The summed E-state index contributed by atoms with van der Waals surface area (Å²) in [6.45, 7) is -0.730. The third-order valence-electron chi connectivity index (χ3n) is 5.23. The number of aromatic hydroxyl groups is 4. The lowest BCUT2D eigenvalue weighted by Gasteiger charge is -2.40. The van der Waals surface area contributed by atoms with E-state index in [4.69, 9.17) is 9.15 Å². The highest BCUT2D eigenvalue weighted by Gasteiger charge is 2.46. The highest BCUT2D eigenvalue weighted by Crippen LogP contribution is 2.45. The van der Waals surface area contributed by atoms with Crippen molar-refractivity contribution in [2.24, 2.45) is 0 Å². The summed E-state index contributed by atoms with van der Waals surface area (Å²) in [6.07, 6.45) is -8.16. The summed E-state index contributed by atoms with van der Waals surface area (Å²) in [5.41, 5.74) is -1.66. The number of rotatable bonds is 2. The van der Waals surface area contributed by atoms with Crippen LogP contribution in [-0.4, -0.2) is 71.9 Å². The van der Waals surface area contributed by atoms with Gasteiger partial charge in [-0.05, 0) is 6.07 Å². The minimum Gasteiger partial charge on any atom is -0.507 e. The molecule has 4 rings (SSSR count). The topological polar surface area (TPSA) is 201 Å². The van der Waals surface area contributed by atoms with E-state index in [2.05, 4.69) is 0 Å². The summed E-state index contributed by atoms with van der Waals surface area (Å²) in [7, 11) is 0. The van der Waals surface area contributed by atoms with Gasteiger partial charge in [0.2, 0.25) is 5.43 Å². The SMILES string of the molecule is O=c1c2cc(O)c(O)cc2oc2cc(O)c([C@@H]3O[C@H](CO)[C@H](O)[C@H](O)C3O)c(O)c12. The molecule has 0 aliphatic carbocycles.